The summed E-state index contributed by atoms with van der Waals surface area (Å²) in [5, 5.41) is 20.9. The van der Waals surface area contributed by atoms with E-state index < -0.39 is 0 Å². The van der Waals surface area contributed by atoms with Crippen LogP contribution in [0.2, 0.25) is 0 Å². The number of phenolic OH excluding ortho intramolecular Hbond substituents is 2. The van der Waals surface area contributed by atoms with Crippen molar-refractivity contribution in [1.29, 1.82) is 0 Å². The molecule has 2 heteroatoms. The third kappa shape index (κ3) is 4.06. The van der Waals surface area contributed by atoms with Crippen LogP contribution in [0, 0.1) is 13.8 Å². The number of phenols is 2. The first-order valence-corrected chi connectivity index (χ1v) is 10.1. The van der Waals surface area contributed by atoms with Crippen LogP contribution in [0.5, 0.6) is 11.5 Å². The van der Waals surface area contributed by atoms with Gasteiger partial charge in [0.15, 0.2) is 0 Å². The second-order valence-electron chi connectivity index (χ2n) is 7.72. The van der Waals surface area contributed by atoms with Crippen LogP contribution in [0.15, 0.2) is 60.7 Å². The fraction of sp³-hybridized carbons (Fsp3) is 0.308. The lowest BCUT2D eigenvalue weighted by Gasteiger charge is -2.22. The van der Waals surface area contributed by atoms with Gasteiger partial charge >= 0.3 is 0 Å². The highest BCUT2D eigenvalue weighted by atomic mass is 16.3. The third-order valence-electron chi connectivity index (χ3n) is 5.65. The lowest BCUT2D eigenvalue weighted by molar-refractivity contribution is 0.463. The van der Waals surface area contributed by atoms with E-state index in [2.05, 4.69) is 64.1 Å². The standard InChI is InChI=1S/C26H30O2/c1-5-21(23-14-17(3)10-12-25(23)27)19-8-7-9-20(16-19)22(6-2)24-15-18(4)11-13-26(24)28/h7-16,21-22,27-28H,5-6H2,1-4H3. The van der Waals surface area contributed by atoms with Gasteiger partial charge in [0, 0.05) is 23.0 Å². The molecule has 0 aliphatic heterocycles. The molecule has 0 radical (unpaired) electrons. The molecule has 2 atom stereocenters. The summed E-state index contributed by atoms with van der Waals surface area (Å²) >= 11 is 0. The summed E-state index contributed by atoms with van der Waals surface area (Å²) in [4.78, 5) is 0. The Hall–Kier alpha value is -2.74. The minimum absolute atomic E-state index is 0.142. The van der Waals surface area contributed by atoms with Crippen molar-refractivity contribution in [2.45, 2.75) is 52.4 Å². The maximum Gasteiger partial charge on any atom is 0.119 e. The zero-order chi connectivity index (χ0) is 20.3. The minimum Gasteiger partial charge on any atom is -0.508 e. The molecule has 3 aromatic rings. The molecular weight excluding hydrogens is 344 g/mol. The number of aromatic hydroxyl groups is 2. The van der Waals surface area contributed by atoms with E-state index >= 15 is 0 Å². The van der Waals surface area contributed by atoms with Crippen LogP contribution < -0.4 is 0 Å². The summed E-state index contributed by atoms with van der Waals surface area (Å²) in [6, 6.07) is 20.2. The first-order chi connectivity index (χ1) is 13.4. The van der Waals surface area contributed by atoms with E-state index in [9.17, 15) is 10.2 Å². The van der Waals surface area contributed by atoms with Gasteiger partial charge in [-0.2, -0.15) is 0 Å². The highest BCUT2D eigenvalue weighted by molar-refractivity contribution is 5.47. The van der Waals surface area contributed by atoms with Crippen molar-refractivity contribution in [2.24, 2.45) is 0 Å². The SMILES string of the molecule is CCC(c1cccc(C(CC)c2cc(C)ccc2O)c1)c1cc(C)ccc1O. The van der Waals surface area contributed by atoms with Crippen molar-refractivity contribution in [1.82, 2.24) is 0 Å². The van der Waals surface area contributed by atoms with Gasteiger partial charge in [0.1, 0.15) is 11.5 Å². The Morgan fingerprint density at radius 1 is 0.643 bits per heavy atom. The van der Waals surface area contributed by atoms with Crippen molar-refractivity contribution in [3.05, 3.63) is 94.0 Å². The van der Waals surface area contributed by atoms with Crippen LogP contribution in [-0.4, -0.2) is 10.2 Å². The summed E-state index contributed by atoms with van der Waals surface area (Å²) in [5.74, 6) is 0.990. The van der Waals surface area contributed by atoms with E-state index in [-0.39, 0.29) is 11.8 Å². The predicted molar refractivity (Wildman–Crippen MR) is 116 cm³/mol. The van der Waals surface area contributed by atoms with Gasteiger partial charge in [0.2, 0.25) is 0 Å². The highest BCUT2D eigenvalue weighted by Gasteiger charge is 2.20. The van der Waals surface area contributed by atoms with Crippen molar-refractivity contribution in [3.63, 3.8) is 0 Å². The molecular formula is C26H30O2. The van der Waals surface area contributed by atoms with Gasteiger partial charge in [-0.3, -0.25) is 0 Å². The van der Waals surface area contributed by atoms with Gasteiger partial charge in [-0.05, 0) is 49.9 Å². The topological polar surface area (TPSA) is 40.5 Å². The molecule has 0 saturated heterocycles. The Labute approximate surface area is 168 Å². The van der Waals surface area contributed by atoms with Gasteiger partial charge < -0.3 is 10.2 Å². The second kappa shape index (κ2) is 8.52. The Morgan fingerprint density at radius 3 is 1.46 bits per heavy atom. The van der Waals surface area contributed by atoms with E-state index in [1.54, 1.807) is 12.1 Å². The average molecular weight is 375 g/mol. The molecule has 0 bridgehead atoms. The molecule has 2 N–H and O–H groups in total. The smallest absolute Gasteiger partial charge is 0.119 e. The van der Waals surface area contributed by atoms with Gasteiger partial charge in [-0.25, -0.2) is 0 Å². The Balaban J connectivity index is 2.05. The quantitative estimate of drug-likeness (QED) is 0.498. The molecule has 0 aromatic heterocycles. The van der Waals surface area contributed by atoms with E-state index in [1.807, 2.05) is 12.1 Å². The number of rotatable bonds is 6. The molecule has 3 rings (SSSR count). The molecule has 0 aliphatic rings. The van der Waals surface area contributed by atoms with E-state index in [0.29, 0.717) is 11.5 Å². The lowest BCUT2D eigenvalue weighted by atomic mass is 9.83. The molecule has 2 unspecified atom stereocenters. The normalized spacial score (nSPS) is 13.3. The monoisotopic (exact) mass is 374 g/mol. The van der Waals surface area contributed by atoms with Gasteiger partial charge in [0.25, 0.3) is 0 Å². The lowest BCUT2D eigenvalue weighted by Crippen LogP contribution is -2.05. The van der Waals surface area contributed by atoms with Gasteiger partial charge in [-0.15, -0.1) is 0 Å². The molecule has 0 spiro atoms. The maximum atomic E-state index is 10.4. The predicted octanol–water partition coefficient (Wildman–Crippen LogP) is 6.80. The fourth-order valence-electron chi connectivity index (χ4n) is 4.17. The molecule has 3 aromatic carbocycles. The molecule has 0 amide bonds. The van der Waals surface area contributed by atoms with E-state index in [1.165, 1.54) is 11.1 Å². The number of benzene rings is 3. The van der Waals surface area contributed by atoms with Gasteiger partial charge in [0.05, 0.1) is 0 Å². The summed E-state index contributed by atoms with van der Waals surface area (Å²) in [6.07, 6.45) is 1.82. The number of hydrogen-bond acceptors (Lipinski definition) is 2. The van der Waals surface area contributed by atoms with Crippen LogP contribution in [-0.2, 0) is 0 Å². The molecule has 2 nitrogen and oxygen atoms in total. The molecule has 146 valence electrons. The summed E-state index contributed by atoms with van der Waals surface area (Å²) < 4.78 is 0. The molecule has 0 fully saturated rings. The van der Waals surface area contributed by atoms with Crippen molar-refractivity contribution < 1.29 is 10.2 Å². The average Bonchev–Trinajstić information content (AvgIpc) is 2.69. The summed E-state index contributed by atoms with van der Waals surface area (Å²) in [7, 11) is 0. The van der Waals surface area contributed by atoms with Crippen LogP contribution >= 0.6 is 0 Å². The number of hydrogen-bond donors (Lipinski definition) is 2. The fourth-order valence-corrected chi connectivity index (χ4v) is 4.17. The largest absolute Gasteiger partial charge is 0.508 e. The second-order valence-corrected chi connectivity index (χ2v) is 7.72. The summed E-state index contributed by atoms with van der Waals surface area (Å²) in [5.41, 5.74) is 6.66. The summed E-state index contributed by atoms with van der Waals surface area (Å²) in [6.45, 7) is 8.42. The van der Waals surface area contributed by atoms with E-state index in [0.717, 1.165) is 35.1 Å². The molecule has 0 saturated carbocycles. The van der Waals surface area contributed by atoms with Crippen molar-refractivity contribution in [3.8, 4) is 11.5 Å². The van der Waals surface area contributed by atoms with E-state index in [4.69, 9.17) is 0 Å². The highest BCUT2D eigenvalue weighted by Crippen LogP contribution is 2.38. The Bertz CT molecular complexity index is 884. The first kappa shape index (κ1) is 20.0. The molecule has 0 heterocycles. The van der Waals surface area contributed by atoms with Gasteiger partial charge in [-0.1, -0.05) is 73.5 Å². The number of aryl methyl sites for hydroxylation is 2. The first-order valence-electron chi connectivity index (χ1n) is 10.1. The van der Waals surface area contributed by atoms with Crippen LogP contribution in [0.3, 0.4) is 0 Å². The molecule has 28 heavy (non-hydrogen) atoms. The maximum absolute atomic E-state index is 10.4. The van der Waals surface area contributed by atoms with Crippen LogP contribution in [0.4, 0.5) is 0 Å². The Kier molecular flexibility index (Phi) is 6.08. The minimum atomic E-state index is 0.142. The van der Waals surface area contributed by atoms with Crippen LogP contribution in [0.25, 0.3) is 0 Å². The third-order valence-corrected chi connectivity index (χ3v) is 5.65. The van der Waals surface area contributed by atoms with Crippen LogP contribution in [0.1, 0.15) is 71.9 Å². The zero-order valence-electron chi connectivity index (χ0n) is 17.2. The zero-order valence-corrected chi connectivity index (χ0v) is 17.2. The Morgan fingerprint density at radius 2 is 1.07 bits per heavy atom. The van der Waals surface area contributed by atoms with Crippen molar-refractivity contribution in [2.75, 3.05) is 0 Å². The van der Waals surface area contributed by atoms with Crippen molar-refractivity contribution >= 4 is 0 Å². The molecule has 0 aliphatic carbocycles.